The van der Waals surface area contributed by atoms with Crippen LogP contribution in [-0.4, -0.2) is 75.2 Å². The standard InChI is InChI=1S/C17H30N8O/c1-17(2,15(18)26)24-10-8-23(9-11-24)16(19-3)20-12-14-22-21-13-6-4-5-7-25(13)14/h4-12H2,1-3H3,(H2,18,26)(H,19,20). The normalized spacial score (nSPS) is 19.3. The Balaban J connectivity index is 1.56. The van der Waals surface area contributed by atoms with Crippen molar-refractivity contribution < 1.29 is 4.79 Å². The minimum atomic E-state index is -0.621. The number of nitrogens with zero attached hydrogens (tertiary/aromatic N) is 6. The lowest BCUT2D eigenvalue weighted by molar-refractivity contribution is -0.129. The first kappa shape index (κ1) is 18.6. The van der Waals surface area contributed by atoms with Gasteiger partial charge in [0.1, 0.15) is 5.82 Å². The number of piperazine rings is 1. The largest absolute Gasteiger partial charge is 0.368 e. The first-order valence-electron chi connectivity index (χ1n) is 9.35. The Labute approximate surface area is 154 Å². The third-order valence-corrected chi connectivity index (χ3v) is 5.53. The van der Waals surface area contributed by atoms with Crippen molar-refractivity contribution in [2.24, 2.45) is 10.7 Å². The van der Waals surface area contributed by atoms with E-state index in [-0.39, 0.29) is 5.91 Å². The van der Waals surface area contributed by atoms with Gasteiger partial charge in [-0.05, 0) is 26.7 Å². The van der Waals surface area contributed by atoms with Crippen molar-refractivity contribution in [1.82, 2.24) is 29.9 Å². The Morgan fingerprint density at radius 2 is 1.92 bits per heavy atom. The number of rotatable bonds is 4. The van der Waals surface area contributed by atoms with Gasteiger partial charge in [0, 0.05) is 46.2 Å². The summed E-state index contributed by atoms with van der Waals surface area (Å²) in [5.74, 6) is 2.62. The fourth-order valence-corrected chi connectivity index (χ4v) is 3.62. The van der Waals surface area contributed by atoms with Gasteiger partial charge >= 0.3 is 0 Å². The quantitative estimate of drug-likeness (QED) is 0.556. The first-order valence-corrected chi connectivity index (χ1v) is 9.35. The lowest BCUT2D eigenvalue weighted by atomic mass is 10.0. The highest BCUT2D eigenvalue weighted by Gasteiger charge is 2.35. The van der Waals surface area contributed by atoms with Crippen LogP contribution < -0.4 is 11.1 Å². The van der Waals surface area contributed by atoms with E-state index in [1.165, 1.54) is 12.8 Å². The van der Waals surface area contributed by atoms with Gasteiger partial charge in [0.05, 0.1) is 12.1 Å². The van der Waals surface area contributed by atoms with Crippen molar-refractivity contribution in [2.75, 3.05) is 33.2 Å². The Bertz CT molecular complexity index is 672. The minimum absolute atomic E-state index is 0.287. The van der Waals surface area contributed by atoms with Gasteiger partial charge in [-0.25, -0.2) is 0 Å². The van der Waals surface area contributed by atoms with E-state index in [0.29, 0.717) is 6.54 Å². The van der Waals surface area contributed by atoms with Gasteiger partial charge < -0.3 is 20.5 Å². The van der Waals surface area contributed by atoms with Crippen LogP contribution in [0.1, 0.15) is 38.3 Å². The topological polar surface area (TPSA) is 105 Å². The molecule has 0 saturated carbocycles. The number of carbonyl (C=O) groups excluding carboxylic acids is 1. The number of hydrogen-bond donors (Lipinski definition) is 2. The molecule has 1 amide bonds. The van der Waals surface area contributed by atoms with Crippen molar-refractivity contribution in [3.8, 4) is 0 Å². The first-order chi connectivity index (χ1) is 12.4. The van der Waals surface area contributed by atoms with Crippen LogP contribution in [0.4, 0.5) is 0 Å². The molecule has 1 aromatic rings. The van der Waals surface area contributed by atoms with E-state index in [0.717, 1.165) is 56.8 Å². The van der Waals surface area contributed by atoms with Gasteiger partial charge in [-0.15, -0.1) is 10.2 Å². The summed E-state index contributed by atoms with van der Waals surface area (Å²) >= 11 is 0. The molecule has 0 radical (unpaired) electrons. The van der Waals surface area contributed by atoms with Crippen LogP contribution in [0.25, 0.3) is 0 Å². The summed E-state index contributed by atoms with van der Waals surface area (Å²) in [6, 6.07) is 0. The molecule has 26 heavy (non-hydrogen) atoms. The second-order valence-corrected chi connectivity index (χ2v) is 7.44. The lowest BCUT2D eigenvalue weighted by Crippen LogP contribution is -2.61. The highest BCUT2D eigenvalue weighted by molar-refractivity contribution is 5.84. The summed E-state index contributed by atoms with van der Waals surface area (Å²) in [4.78, 5) is 20.4. The molecule has 3 N–H and O–H groups in total. The van der Waals surface area contributed by atoms with Gasteiger partial charge in [-0.3, -0.25) is 14.7 Å². The number of nitrogens with one attached hydrogen (secondary N) is 1. The summed E-state index contributed by atoms with van der Waals surface area (Å²) in [7, 11) is 1.79. The zero-order chi connectivity index (χ0) is 18.7. The highest BCUT2D eigenvalue weighted by Crippen LogP contribution is 2.17. The molecule has 2 aliphatic heterocycles. The van der Waals surface area contributed by atoms with Crippen molar-refractivity contribution in [3.63, 3.8) is 0 Å². The Morgan fingerprint density at radius 1 is 1.19 bits per heavy atom. The zero-order valence-corrected chi connectivity index (χ0v) is 16.0. The number of fused-ring (bicyclic) bond motifs is 1. The predicted octanol–water partition coefficient (Wildman–Crippen LogP) is -0.429. The molecule has 0 unspecified atom stereocenters. The number of nitrogens with two attached hydrogens (primary N) is 1. The fraction of sp³-hybridized carbons (Fsp3) is 0.765. The summed E-state index contributed by atoms with van der Waals surface area (Å²) in [6.07, 6.45) is 3.39. The number of carbonyl (C=O) groups is 1. The molecule has 3 rings (SSSR count). The van der Waals surface area contributed by atoms with E-state index in [4.69, 9.17) is 5.73 Å². The van der Waals surface area contributed by atoms with E-state index < -0.39 is 5.54 Å². The Morgan fingerprint density at radius 3 is 2.58 bits per heavy atom. The second kappa shape index (κ2) is 7.61. The smallest absolute Gasteiger partial charge is 0.237 e. The van der Waals surface area contributed by atoms with E-state index in [1.54, 1.807) is 7.05 Å². The number of aliphatic imine (C=N–C) groups is 1. The van der Waals surface area contributed by atoms with Crippen LogP contribution in [0.5, 0.6) is 0 Å². The van der Waals surface area contributed by atoms with Crippen LogP contribution in [0.2, 0.25) is 0 Å². The summed E-state index contributed by atoms with van der Waals surface area (Å²) in [5.41, 5.74) is 4.91. The minimum Gasteiger partial charge on any atom is -0.368 e. The molecule has 1 aromatic heterocycles. The molecule has 9 nitrogen and oxygen atoms in total. The predicted molar refractivity (Wildman–Crippen MR) is 99.6 cm³/mol. The van der Waals surface area contributed by atoms with Gasteiger partial charge in [0.2, 0.25) is 5.91 Å². The number of amides is 1. The molecular formula is C17H30N8O. The molecule has 2 aliphatic rings. The Kier molecular flexibility index (Phi) is 5.45. The van der Waals surface area contributed by atoms with Crippen LogP contribution >= 0.6 is 0 Å². The SMILES string of the molecule is CN=C(NCc1nnc2n1CCCC2)N1CCN(C(C)(C)C(N)=O)CC1. The summed E-state index contributed by atoms with van der Waals surface area (Å²) in [6.45, 7) is 8.53. The molecule has 0 spiro atoms. The number of hydrogen-bond acceptors (Lipinski definition) is 5. The number of primary amides is 1. The molecule has 144 valence electrons. The van der Waals surface area contributed by atoms with E-state index in [1.807, 2.05) is 13.8 Å². The molecule has 0 atom stereocenters. The molecule has 0 aromatic carbocycles. The van der Waals surface area contributed by atoms with Crippen molar-refractivity contribution in [1.29, 1.82) is 0 Å². The molecule has 1 fully saturated rings. The third-order valence-electron chi connectivity index (χ3n) is 5.53. The molecule has 3 heterocycles. The lowest BCUT2D eigenvalue weighted by Gasteiger charge is -2.43. The molecule has 0 bridgehead atoms. The average molecular weight is 362 g/mol. The van der Waals surface area contributed by atoms with Crippen molar-refractivity contribution in [2.45, 2.75) is 51.7 Å². The molecular weight excluding hydrogens is 332 g/mol. The van der Waals surface area contributed by atoms with Crippen LogP contribution in [-0.2, 0) is 24.3 Å². The number of guanidine groups is 1. The maximum absolute atomic E-state index is 11.7. The van der Waals surface area contributed by atoms with Gasteiger partial charge in [-0.1, -0.05) is 0 Å². The fourth-order valence-electron chi connectivity index (χ4n) is 3.62. The zero-order valence-electron chi connectivity index (χ0n) is 16.0. The van der Waals surface area contributed by atoms with E-state index >= 15 is 0 Å². The molecule has 9 heteroatoms. The summed E-state index contributed by atoms with van der Waals surface area (Å²) < 4.78 is 2.22. The third kappa shape index (κ3) is 3.67. The van der Waals surface area contributed by atoms with Crippen LogP contribution in [0, 0.1) is 0 Å². The second-order valence-electron chi connectivity index (χ2n) is 7.44. The van der Waals surface area contributed by atoms with Gasteiger partial charge in [0.25, 0.3) is 0 Å². The van der Waals surface area contributed by atoms with Crippen LogP contribution in [0.3, 0.4) is 0 Å². The van der Waals surface area contributed by atoms with E-state index in [9.17, 15) is 4.79 Å². The van der Waals surface area contributed by atoms with E-state index in [2.05, 4.69) is 34.9 Å². The monoisotopic (exact) mass is 362 g/mol. The average Bonchev–Trinajstić information content (AvgIpc) is 3.06. The number of aromatic nitrogens is 3. The van der Waals surface area contributed by atoms with Crippen molar-refractivity contribution >= 4 is 11.9 Å². The Hall–Kier alpha value is -2.16. The van der Waals surface area contributed by atoms with Crippen LogP contribution in [0.15, 0.2) is 4.99 Å². The maximum Gasteiger partial charge on any atom is 0.237 e. The highest BCUT2D eigenvalue weighted by atomic mass is 16.1. The number of aryl methyl sites for hydroxylation is 1. The molecule has 1 saturated heterocycles. The van der Waals surface area contributed by atoms with Gasteiger partial charge in [-0.2, -0.15) is 0 Å². The molecule has 0 aliphatic carbocycles. The maximum atomic E-state index is 11.7. The van der Waals surface area contributed by atoms with Crippen molar-refractivity contribution in [3.05, 3.63) is 11.6 Å². The summed E-state index contributed by atoms with van der Waals surface area (Å²) in [5, 5.41) is 12.0. The van der Waals surface area contributed by atoms with Gasteiger partial charge in [0.15, 0.2) is 11.8 Å².